The highest BCUT2D eigenvalue weighted by Gasteiger charge is 2.51. The van der Waals surface area contributed by atoms with Gasteiger partial charge in [0.15, 0.2) is 0 Å². The Hall–Kier alpha value is -7.39. The minimum absolute atomic E-state index is 0.116. The highest BCUT2D eigenvalue weighted by molar-refractivity contribution is 7.99. The van der Waals surface area contributed by atoms with Gasteiger partial charge in [0.25, 0.3) is 0 Å². The zero-order chi connectivity index (χ0) is 44.8. The Morgan fingerprint density at radius 2 is 0.836 bits per heavy atom. The molecule has 1 heterocycles. The third-order valence-electron chi connectivity index (χ3n) is 15.9. The number of hydrogen-bond acceptors (Lipinski definition) is 2. The van der Waals surface area contributed by atoms with Crippen molar-refractivity contribution in [1.29, 1.82) is 0 Å². The Bertz CT molecular complexity index is 3630. The van der Waals surface area contributed by atoms with Crippen LogP contribution in [-0.2, 0) is 16.2 Å². The second-order valence-corrected chi connectivity index (χ2v) is 21.1. The Morgan fingerprint density at radius 3 is 1.51 bits per heavy atom. The number of hydrogen-bond donors (Lipinski definition) is 0. The van der Waals surface area contributed by atoms with E-state index in [1.807, 2.05) is 11.8 Å². The van der Waals surface area contributed by atoms with Gasteiger partial charge in [-0.15, -0.1) is 0 Å². The van der Waals surface area contributed by atoms with E-state index in [1.54, 1.807) is 0 Å². The first-order chi connectivity index (χ1) is 32.7. The van der Waals surface area contributed by atoms with Gasteiger partial charge in [-0.2, -0.15) is 0 Å². The monoisotopic (exact) mass is 873 g/mol. The minimum Gasteiger partial charge on any atom is -0.310 e. The van der Waals surface area contributed by atoms with Crippen LogP contribution >= 0.6 is 11.8 Å². The molecule has 0 fully saturated rings. The molecule has 67 heavy (non-hydrogen) atoms. The van der Waals surface area contributed by atoms with Crippen LogP contribution in [0.5, 0.6) is 0 Å². The highest BCUT2D eigenvalue weighted by atomic mass is 32.2. The number of anilines is 3. The molecule has 14 rings (SSSR count). The lowest BCUT2D eigenvalue weighted by Crippen LogP contribution is -2.32. The smallest absolute Gasteiger partial charge is 0.0735 e. The summed E-state index contributed by atoms with van der Waals surface area (Å²) in [5.41, 5.74) is 24.2. The first-order valence-corrected chi connectivity index (χ1v) is 24.5. The molecule has 0 saturated carbocycles. The molecule has 318 valence electrons. The van der Waals surface area contributed by atoms with E-state index in [9.17, 15) is 0 Å². The molecule has 1 spiro atoms. The van der Waals surface area contributed by atoms with Crippen LogP contribution in [0, 0.1) is 0 Å². The summed E-state index contributed by atoms with van der Waals surface area (Å²) in [6, 6.07) is 80.6. The van der Waals surface area contributed by atoms with Gasteiger partial charge in [0, 0.05) is 37.7 Å². The molecule has 0 aromatic heterocycles. The first-order valence-electron chi connectivity index (χ1n) is 23.7. The fraction of sp³-hybridized carbons (Fsp3) is 0.108. The summed E-state index contributed by atoms with van der Waals surface area (Å²) in [5.74, 6) is 0. The molecule has 10 aromatic carbocycles. The van der Waals surface area contributed by atoms with E-state index < -0.39 is 5.41 Å². The van der Waals surface area contributed by atoms with Gasteiger partial charge in [-0.25, -0.2) is 0 Å². The molecule has 0 amide bonds. The largest absolute Gasteiger partial charge is 0.310 e. The van der Waals surface area contributed by atoms with Crippen LogP contribution in [0.2, 0.25) is 0 Å². The maximum absolute atomic E-state index is 2.51. The molecule has 0 bridgehead atoms. The maximum Gasteiger partial charge on any atom is 0.0735 e. The van der Waals surface area contributed by atoms with Crippen molar-refractivity contribution >= 4 is 39.6 Å². The fourth-order valence-corrected chi connectivity index (χ4v) is 13.9. The molecular weight excluding hydrogens is 827 g/mol. The number of rotatable bonds is 4. The van der Waals surface area contributed by atoms with Gasteiger partial charge in [0.2, 0.25) is 0 Å². The molecule has 1 nitrogen and oxygen atoms in total. The lowest BCUT2D eigenvalue weighted by Gasteiger charge is -2.40. The van der Waals surface area contributed by atoms with Crippen LogP contribution in [0.4, 0.5) is 17.1 Å². The van der Waals surface area contributed by atoms with Crippen molar-refractivity contribution in [2.45, 2.75) is 53.7 Å². The van der Waals surface area contributed by atoms with E-state index in [4.69, 9.17) is 0 Å². The molecule has 2 heteroatoms. The van der Waals surface area contributed by atoms with Crippen molar-refractivity contribution in [1.82, 2.24) is 0 Å². The Balaban J connectivity index is 0.927. The lowest BCUT2D eigenvalue weighted by molar-refractivity contribution is 0.660. The van der Waals surface area contributed by atoms with E-state index in [1.165, 1.54) is 110 Å². The van der Waals surface area contributed by atoms with E-state index in [0.29, 0.717) is 0 Å². The van der Waals surface area contributed by atoms with Gasteiger partial charge >= 0.3 is 0 Å². The predicted molar refractivity (Wildman–Crippen MR) is 281 cm³/mol. The zero-order valence-corrected chi connectivity index (χ0v) is 38.9. The van der Waals surface area contributed by atoms with Crippen LogP contribution in [0.3, 0.4) is 0 Å². The summed E-state index contributed by atoms with van der Waals surface area (Å²) in [6.45, 7) is 9.50. The van der Waals surface area contributed by atoms with Crippen molar-refractivity contribution < 1.29 is 0 Å². The van der Waals surface area contributed by atoms with Crippen LogP contribution in [0.15, 0.2) is 222 Å². The molecule has 1 aliphatic heterocycles. The Labute approximate surface area is 397 Å². The van der Waals surface area contributed by atoms with Gasteiger partial charge in [-0.05, 0) is 154 Å². The number of benzene rings is 10. The molecule has 3 aliphatic carbocycles. The second kappa shape index (κ2) is 13.8. The van der Waals surface area contributed by atoms with E-state index in [0.717, 1.165) is 17.1 Å². The molecule has 1 atom stereocenters. The second-order valence-electron chi connectivity index (χ2n) is 20.0. The Morgan fingerprint density at radius 1 is 0.328 bits per heavy atom. The summed E-state index contributed by atoms with van der Waals surface area (Å²) in [7, 11) is 0. The minimum atomic E-state index is -0.456. The van der Waals surface area contributed by atoms with Crippen molar-refractivity contribution in [3.8, 4) is 44.5 Å². The zero-order valence-electron chi connectivity index (χ0n) is 38.1. The molecule has 0 saturated heterocycles. The SMILES string of the molecule is CC1(C)c2ccccc2-c2ccc(N(c3ccc(-c4ccc5c(c4)C4(c6ccccc6S5)c5ccccc5-c5c4ccc4ccccc54)cc3)c3ccc4c(c3)C(C)(C)c3ccccc3-4)cc21. The number of fused-ring (bicyclic) bond motifs is 17. The van der Waals surface area contributed by atoms with Gasteiger partial charge in [-0.3, -0.25) is 0 Å². The fourth-order valence-electron chi connectivity index (χ4n) is 12.8. The van der Waals surface area contributed by atoms with Crippen LogP contribution in [0.1, 0.15) is 72.2 Å². The third-order valence-corrected chi connectivity index (χ3v) is 17.1. The van der Waals surface area contributed by atoms with E-state index in [2.05, 4.69) is 245 Å². The van der Waals surface area contributed by atoms with Gasteiger partial charge in [0.1, 0.15) is 0 Å². The average molecular weight is 874 g/mol. The molecule has 0 radical (unpaired) electrons. The topological polar surface area (TPSA) is 3.24 Å². The summed E-state index contributed by atoms with van der Waals surface area (Å²) in [4.78, 5) is 5.11. The third kappa shape index (κ3) is 5.22. The summed E-state index contributed by atoms with van der Waals surface area (Å²) < 4.78 is 0. The lowest BCUT2D eigenvalue weighted by atomic mass is 9.67. The average Bonchev–Trinajstić information content (AvgIpc) is 3.89. The van der Waals surface area contributed by atoms with Crippen molar-refractivity contribution in [2.75, 3.05) is 4.90 Å². The van der Waals surface area contributed by atoms with Crippen LogP contribution in [-0.4, -0.2) is 0 Å². The van der Waals surface area contributed by atoms with E-state index >= 15 is 0 Å². The Kier molecular flexibility index (Phi) is 8.02. The van der Waals surface area contributed by atoms with Gasteiger partial charge < -0.3 is 4.90 Å². The molecule has 10 aromatic rings. The first kappa shape index (κ1) is 38.8. The summed E-state index contributed by atoms with van der Waals surface area (Å²) >= 11 is 1.90. The van der Waals surface area contributed by atoms with Gasteiger partial charge in [-0.1, -0.05) is 197 Å². The predicted octanol–water partition coefficient (Wildman–Crippen LogP) is 17.4. The molecule has 0 N–H and O–H groups in total. The number of nitrogens with zero attached hydrogens (tertiary/aromatic N) is 1. The summed E-state index contributed by atoms with van der Waals surface area (Å²) in [6.07, 6.45) is 0. The van der Waals surface area contributed by atoms with Crippen molar-refractivity contribution in [3.63, 3.8) is 0 Å². The molecular formula is C65H47NS. The van der Waals surface area contributed by atoms with Gasteiger partial charge in [0.05, 0.1) is 5.41 Å². The standard InChI is InChI=1S/C65H47NS/c1-63(2)52-20-10-7-17-47(52)49-33-31-44(38-57(49)63)66(45-32-34-50-48-18-8-11-21-53(48)64(3,4)58(50)39-45)43-29-25-40(26-30-43)42-28-36-61-59(37-42)65(55-23-13-14-24-60(55)67-61)54-22-12-9-19-51(54)62-46-16-6-5-15-41(46)27-35-56(62)65/h5-39H,1-4H3. The molecule has 4 aliphatic rings. The molecule has 1 unspecified atom stereocenters. The van der Waals surface area contributed by atoms with Crippen molar-refractivity contribution in [2.24, 2.45) is 0 Å². The summed E-state index contributed by atoms with van der Waals surface area (Å²) in [5, 5.41) is 2.59. The van der Waals surface area contributed by atoms with Crippen LogP contribution < -0.4 is 4.90 Å². The normalized spacial score (nSPS) is 16.9. The quantitative estimate of drug-likeness (QED) is 0.173. The highest BCUT2D eigenvalue weighted by Crippen LogP contribution is 2.63. The van der Waals surface area contributed by atoms with E-state index in [-0.39, 0.29) is 10.8 Å². The van der Waals surface area contributed by atoms with Crippen molar-refractivity contribution in [3.05, 3.63) is 257 Å². The van der Waals surface area contributed by atoms with Crippen LogP contribution in [0.25, 0.3) is 55.3 Å². The maximum atomic E-state index is 2.51.